The Kier molecular flexibility index (Phi) is 4.98. The van der Waals surface area contributed by atoms with Crippen molar-refractivity contribution >= 4 is 11.5 Å². The van der Waals surface area contributed by atoms with E-state index in [0.29, 0.717) is 0 Å². The number of rotatable bonds is 5. The molecule has 24 heavy (non-hydrogen) atoms. The standard InChI is InChI=1S/C19H22N2O3/c1-24-12-18(23)21-16(10-20)19(17(21)11-22)15-9-5-4-8-14(15)13-6-2-3-7-13/h4-6,8-9,16-17,19,22H,2-3,7,11-12H2,1H3/t16-,17+,19+/m0/s1. The summed E-state index contributed by atoms with van der Waals surface area (Å²) in [7, 11) is 1.45. The first-order valence-corrected chi connectivity index (χ1v) is 8.31. The molecule has 1 amide bonds. The zero-order valence-electron chi connectivity index (χ0n) is 13.8. The fraction of sp³-hybridized carbons (Fsp3) is 0.474. The summed E-state index contributed by atoms with van der Waals surface area (Å²) in [6, 6.07) is 9.36. The highest BCUT2D eigenvalue weighted by atomic mass is 16.5. The Bertz CT molecular complexity index is 692. The number of methoxy groups -OCH3 is 1. The molecule has 1 fully saturated rings. The maximum absolute atomic E-state index is 12.2. The zero-order chi connectivity index (χ0) is 17.1. The van der Waals surface area contributed by atoms with E-state index in [0.717, 1.165) is 30.4 Å². The van der Waals surface area contributed by atoms with Crippen LogP contribution < -0.4 is 0 Å². The molecule has 0 saturated carbocycles. The van der Waals surface area contributed by atoms with Crippen molar-refractivity contribution in [2.45, 2.75) is 37.3 Å². The largest absolute Gasteiger partial charge is 0.394 e. The average Bonchev–Trinajstić information content (AvgIpc) is 3.10. The van der Waals surface area contributed by atoms with E-state index in [4.69, 9.17) is 4.74 Å². The smallest absolute Gasteiger partial charge is 0.249 e. The van der Waals surface area contributed by atoms with Crippen molar-refractivity contribution < 1.29 is 14.6 Å². The quantitative estimate of drug-likeness (QED) is 0.899. The minimum atomic E-state index is -0.562. The minimum absolute atomic E-state index is 0.0752. The minimum Gasteiger partial charge on any atom is -0.394 e. The molecule has 0 unspecified atom stereocenters. The molecule has 2 aliphatic rings. The van der Waals surface area contributed by atoms with Crippen LogP contribution in [0.1, 0.15) is 36.3 Å². The molecule has 0 radical (unpaired) electrons. The summed E-state index contributed by atoms with van der Waals surface area (Å²) in [5, 5.41) is 19.4. The van der Waals surface area contributed by atoms with E-state index in [1.807, 2.05) is 18.2 Å². The lowest BCUT2D eigenvalue weighted by Gasteiger charge is -2.52. The number of ether oxygens (including phenoxy) is 1. The van der Waals surface area contributed by atoms with Crippen LogP contribution in [0.3, 0.4) is 0 Å². The van der Waals surface area contributed by atoms with Crippen LogP contribution in [0.4, 0.5) is 0 Å². The number of amides is 1. The lowest BCUT2D eigenvalue weighted by molar-refractivity contribution is -0.150. The molecule has 5 nitrogen and oxygen atoms in total. The average molecular weight is 326 g/mol. The second-order valence-electron chi connectivity index (χ2n) is 6.29. The molecular weight excluding hydrogens is 304 g/mol. The summed E-state index contributed by atoms with van der Waals surface area (Å²) in [4.78, 5) is 13.7. The van der Waals surface area contributed by atoms with Crippen molar-refractivity contribution in [3.8, 4) is 6.07 Å². The molecule has 1 saturated heterocycles. The lowest BCUT2D eigenvalue weighted by atomic mass is 9.73. The van der Waals surface area contributed by atoms with Crippen LogP contribution in [0.15, 0.2) is 30.3 Å². The van der Waals surface area contributed by atoms with Gasteiger partial charge in [0.2, 0.25) is 5.91 Å². The van der Waals surface area contributed by atoms with Crippen LogP contribution in [0, 0.1) is 11.3 Å². The molecule has 0 aromatic heterocycles. The van der Waals surface area contributed by atoms with Crippen LogP contribution in [0.25, 0.3) is 5.57 Å². The van der Waals surface area contributed by atoms with E-state index >= 15 is 0 Å². The number of likely N-dealkylation sites (tertiary alicyclic amines) is 1. The highest BCUT2D eigenvalue weighted by molar-refractivity contribution is 5.81. The van der Waals surface area contributed by atoms with Gasteiger partial charge in [0, 0.05) is 13.0 Å². The third-order valence-electron chi connectivity index (χ3n) is 4.99. The number of hydrogen-bond acceptors (Lipinski definition) is 4. The predicted octanol–water partition coefficient (Wildman–Crippen LogP) is 2.08. The normalized spacial score (nSPS) is 25.8. The topological polar surface area (TPSA) is 73.6 Å². The summed E-state index contributed by atoms with van der Waals surface area (Å²) in [5.41, 5.74) is 3.51. The van der Waals surface area contributed by atoms with Crippen molar-refractivity contribution in [3.63, 3.8) is 0 Å². The van der Waals surface area contributed by atoms with Crippen LogP contribution in [0.5, 0.6) is 0 Å². The van der Waals surface area contributed by atoms with Crippen molar-refractivity contribution in [1.29, 1.82) is 5.26 Å². The SMILES string of the molecule is COCC(=O)N1[C@H](CO)[C@H](c2ccccc2C2=CCCC2)[C@@H]1C#N. The molecule has 0 bridgehead atoms. The van der Waals surface area contributed by atoms with Gasteiger partial charge in [0.1, 0.15) is 12.6 Å². The van der Waals surface area contributed by atoms with Gasteiger partial charge in [-0.25, -0.2) is 0 Å². The molecule has 126 valence electrons. The third kappa shape index (κ3) is 2.72. The Hall–Kier alpha value is -2.16. The molecular formula is C19H22N2O3. The Morgan fingerprint density at radius 1 is 1.46 bits per heavy atom. The van der Waals surface area contributed by atoms with Gasteiger partial charge in [0.05, 0.1) is 18.7 Å². The number of allylic oxidation sites excluding steroid dienone is 2. The summed E-state index contributed by atoms with van der Waals surface area (Å²) < 4.78 is 4.90. The van der Waals surface area contributed by atoms with Gasteiger partial charge >= 0.3 is 0 Å². The van der Waals surface area contributed by atoms with Crippen molar-refractivity contribution in [1.82, 2.24) is 4.90 Å². The van der Waals surface area contributed by atoms with Gasteiger partial charge in [0.25, 0.3) is 0 Å². The number of aliphatic hydroxyl groups excluding tert-OH is 1. The molecule has 1 heterocycles. The van der Waals surface area contributed by atoms with Crippen LogP contribution in [-0.2, 0) is 9.53 Å². The first kappa shape index (κ1) is 16.7. The van der Waals surface area contributed by atoms with Gasteiger partial charge in [0.15, 0.2) is 0 Å². The summed E-state index contributed by atoms with van der Waals surface area (Å²) >= 11 is 0. The summed E-state index contributed by atoms with van der Waals surface area (Å²) in [6.45, 7) is -0.236. The molecule has 5 heteroatoms. The highest BCUT2D eigenvalue weighted by Crippen LogP contribution is 2.44. The third-order valence-corrected chi connectivity index (χ3v) is 4.99. The first-order valence-electron chi connectivity index (χ1n) is 8.31. The van der Waals surface area contributed by atoms with E-state index in [1.165, 1.54) is 17.6 Å². The van der Waals surface area contributed by atoms with Gasteiger partial charge < -0.3 is 14.7 Å². The number of aliphatic hydroxyl groups is 1. The Morgan fingerprint density at radius 2 is 2.25 bits per heavy atom. The van der Waals surface area contributed by atoms with Gasteiger partial charge in [-0.3, -0.25) is 4.79 Å². The second-order valence-corrected chi connectivity index (χ2v) is 6.29. The monoisotopic (exact) mass is 326 g/mol. The van der Waals surface area contributed by atoms with Crippen LogP contribution in [-0.4, -0.2) is 48.3 Å². The number of carbonyl (C=O) groups excluding carboxylic acids is 1. The fourth-order valence-corrected chi connectivity index (χ4v) is 3.92. The molecule has 3 atom stereocenters. The Labute approximate surface area is 142 Å². The van der Waals surface area contributed by atoms with E-state index < -0.39 is 6.04 Å². The maximum atomic E-state index is 12.2. The zero-order valence-corrected chi connectivity index (χ0v) is 13.8. The van der Waals surface area contributed by atoms with Crippen LogP contribution in [0.2, 0.25) is 0 Å². The summed E-state index contributed by atoms with van der Waals surface area (Å²) in [6.07, 6.45) is 5.52. The maximum Gasteiger partial charge on any atom is 0.249 e. The molecule has 1 aliphatic heterocycles. The van der Waals surface area contributed by atoms with Crippen molar-refractivity contribution in [2.75, 3.05) is 20.3 Å². The molecule has 1 aromatic carbocycles. The summed E-state index contributed by atoms with van der Waals surface area (Å²) in [5.74, 6) is -0.421. The molecule has 3 rings (SSSR count). The first-order chi connectivity index (χ1) is 11.7. The number of hydrogen-bond donors (Lipinski definition) is 1. The number of nitriles is 1. The van der Waals surface area contributed by atoms with E-state index in [9.17, 15) is 15.2 Å². The van der Waals surface area contributed by atoms with Crippen molar-refractivity contribution in [3.05, 3.63) is 41.5 Å². The highest BCUT2D eigenvalue weighted by Gasteiger charge is 2.52. The number of benzene rings is 1. The second kappa shape index (κ2) is 7.16. The molecule has 0 spiro atoms. The van der Waals surface area contributed by atoms with E-state index in [2.05, 4.69) is 18.2 Å². The van der Waals surface area contributed by atoms with E-state index in [1.54, 1.807) is 0 Å². The molecule has 1 N–H and O–H groups in total. The Morgan fingerprint density at radius 3 is 2.88 bits per heavy atom. The molecule has 1 aromatic rings. The van der Waals surface area contributed by atoms with Gasteiger partial charge in [-0.15, -0.1) is 0 Å². The molecule has 1 aliphatic carbocycles. The van der Waals surface area contributed by atoms with Gasteiger partial charge in [-0.05, 0) is 36.0 Å². The van der Waals surface area contributed by atoms with E-state index in [-0.39, 0.29) is 31.1 Å². The number of carbonyl (C=O) groups is 1. The van der Waals surface area contributed by atoms with Crippen LogP contribution >= 0.6 is 0 Å². The lowest BCUT2D eigenvalue weighted by Crippen LogP contribution is -2.66. The predicted molar refractivity (Wildman–Crippen MR) is 90.0 cm³/mol. The number of nitrogens with zero attached hydrogens (tertiary/aromatic N) is 2. The van der Waals surface area contributed by atoms with Crippen molar-refractivity contribution in [2.24, 2.45) is 0 Å². The Balaban J connectivity index is 1.95. The van der Waals surface area contributed by atoms with Gasteiger partial charge in [-0.2, -0.15) is 5.26 Å². The van der Waals surface area contributed by atoms with Gasteiger partial charge in [-0.1, -0.05) is 30.3 Å². The fourth-order valence-electron chi connectivity index (χ4n) is 3.92.